The fourth-order valence-electron chi connectivity index (χ4n) is 2.10. The third-order valence-electron chi connectivity index (χ3n) is 4.27. The van der Waals surface area contributed by atoms with Gasteiger partial charge in [0.1, 0.15) is 0 Å². The Bertz CT molecular complexity index is 546. The number of hydrogen-bond donors (Lipinski definition) is 1. The third-order valence-corrected chi connectivity index (χ3v) is 7.75. The summed E-state index contributed by atoms with van der Waals surface area (Å²) in [5.41, 5.74) is 1.23. The zero-order chi connectivity index (χ0) is 17.1. The number of ether oxygens (including phenoxy) is 3. The molecule has 0 bridgehead atoms. The average Bonchev–Trinajstić information content (AvgIpc) is 2.43. The molecule has 0 fully saturated rings. The van der Waals surface area contributed by atoms with Crippen molar-refractivity contribution in [2.75, 3.05) is 21.3 Å². The molecule has 0 radical (unpaired) electrons. The van der Waals surface area contributed by atoms with Gasteiger partial charge in [-0.2, -0.15) is 0 Å². The molecule has 0 saturated heterocycles. The lowest BCUT2D eigenvalue weighted by molar-refractivity contribution is 0.0600. The van der Waals surface area contributed by atoms with Crippen LogP contribution in [0, 0.1) is 0 Å². The molecule has 124 valence electrons. The van der Waals surface area contributed by atoms with Crippen molar-refractivity contribution < 1.29 is 23.8 Å². The van der Waals surface area contributed by atoms with Crippen LogP contribution in [0.2, 0.25) is 18.1 Å². The summed E-state index contributed by atoms with van der Waals surface area (Å²) in [6.45, 7) is 7.85. The Morgan fingerprint density at radius 3 is 2.18 bits per heavy atom. The molecule has 0 aliphatic rings. The molecule has 1 N–H and O–H groups in total. The van der Waals surface area contributed by atoms with Crippen LogP contribution in [-0.2, 0) is 11.2 Å². The van der Waals surface area contributed by atoms with Crippen LogP contribution in [0.25, 0.3) is 0 Å². The van der Waals surface area contributed by atoms with Crippen LogP contribution in [0.1, 0.15) is 29.8 Å². The number of rotatable bonds is 6. The summed E-state index contributed by atoms with van der Waals surface area (Å²) in [5, 5.41) is -0.292. The van der Waals surface area contributed by atoms with Crippen molar-refractivity contribution >= 4 is 14.3 Å². The Balaban J connectivity index is 3.41. The number of benzene rings is 1. The number of esters is 1. The van der Waals surface area contributed by atoms with Gasteiger partial charge in [0.2, 0.25) is 0 Å². The van der Waals surface area contributed by atoms with E-state index in [2.05, 4.69) is 0 Å². The van der Waals surface area contributed by atoms with E-state index in [4.69, 9.17) is 14.2 Å². The maximum Gasteiger partial charge on any atom is 0.337 e. The Labute approximate surface area is 133 Å². The second-order valence-electron chi connectivity index (χ2n) is 6.48. The molecular formula is C16H26O5Si. The van der Waals surface area contributed by atoms with Gasteiger partial charge in [0.15, 0.2) is 19.8 Å². The minimum absolute atomic E-state index is 0.292. The summed E-state index contributed by atoms with van der Waals surface area (Å²) in [6, 6.07) is 3.35. The Morgan fingerprint density at radius 2 is 1.77 bits per heavy atom. The standard InChI is InChI=1S/C16H26O5Si/c1-16(2,22(6,7)18)10-12-8-11(15(17)21-5)9-13(19-3)14(12)20-4/h8-9,18H,10H2,1-7H3. The smallest absolute Gasteiger partial charge is 0.337 e. The zero-order valence-corrected chi connectivity index (χ0v) is 15.4. The van der Waals surface area contributed by atoms with Gasteiger partial charge in [-0.25, -0.2) is 4.79 Å². The van der Waals surface area contributed by atoms with Crippen LogP contribution >= 0.6 is 0 Å². The fourth-order valence-corrected chi connectivity index (χ4v) is 2.73. The van der Waals surface area contributed by atoms with Gasteiger partial charge in [0.05, 0.1) is 26.9 Å². The summed E-state index contributed by atoms with van der Waals surface area (Å²) in [7, 11) is 2.03. The third kappa shape index (κ3) is 3.81. The molecule has 5 nitrogen and oxygen atoms in total. The summed E-state index contributed by atoms with van der Waals surface area (Å²) < 4.78 is 15.6. The van der Waals surface area contributed by atoms with Gasteiger partial charge in [-0.3, -0.25) is 0 Å². The monoisotopic (exact) mass is 326 g/mol. The first-order chi connectivity index (χ1) is 10.1. The molecule has 0 unspecified atom stereocenters. The molecule has 0 amide bonds. The van der Waals surface area contributed by atoms with Gasteiger partial charge in [-0.15, -0.1) is 0 Å². The van der Waals surface area contributed by atoms with E-state index in [-0.39, 0.29) is 5.04 Å². The number of carbonyl (C=O) groups is 1. The molecule has 6 heteroatoms. The lowest BCUT2D eigenvalue weighted by Crippen LogP contribution is -2.40. The maximum absolute atomic E-state index is 11.8. The zero-order valence-electron chi connectivity index (χ0n) is 14.4. The van der Waals surface area contributed by atoms with E-state index in [0.717, 1.165) is 5.56 Å². The highest BCUT2D eigenvalue weighted by Crippen LogP contribution is 2.43. The highest BCUT2D eigenvalue weighted by Gasteiger charge is 2.39. The van der Waals surface area contributed by atoms with Crippen molar-refractivity contribution in [2.45, 2.75) is 38.4 Å². The largest absolute Gasteiger partial charge is 0.493 e. The van der Waals surface area contributed by atoms with Crippen molar-refractivity contribution in [3.05, 3.63) is 23.3 Å². The predicted octanol–water partition coefficient (Wildman–Crippen LogP) is 3.01. The lowest BCUT2D eigenvalue weighted by atomic mass is 9.98. The first-order valence-corrected chi connectivity index (χ1v) is 10.1. The first kappa shape index (κ1) is 18.5. The van der Waals surface area contributed by atoms with E-state index in [1.54, 1.807) is 19.2 Å². The molecule has 0 aromatic heterocycles. The molecule has 1 rings (SSSR count). The predicted molar refractivity (Wildman–Crippen MR) is 88.3 cm³/mol. The molecule has 1 aromatic rings. The normalized spacial score (nSPS) is 12.0. The fraction of sp³-hybridized carbons (Fsp3) is 0.562. The first-order valence-electron chi connectivity index (χ1n) is 7.13. The average molecular weight is 326 g/mol. The minimum Gasteiger partial charge on any atom is -0.493 e. The topological polar surface area (TPSA) is 65.0 Å². The Hall–Kier alpha value is -1.53. The van der Waals surface area contributed by atoms with Crippen molar-refractivity contribution in [1.29, 1.82) is 0 Å². The Morgan fingerprint density at radius 1 is 1.18 bits per heavy atom. The summed E-state index contributed by atoms with van der Waals surface area (Å²) in [4.78, 5) is 22.3. The summed E-state index contributed by atoms with van der Waals surface area (Å²) >= 11 is 0. The lowest BCUT2D eigenvalue weighted by Gasteiger charge is -2.35. The van der Waals surface area contributed by atoms with E-state index in [0.29, 0.717) is 23.5 Å². The highest BCUT2D eigenvalue weighted by molar-refractivity contribution is 6.72. The molecular weight excluding hydrogens is 300 g/mol. The van der Waals surface area contributed by atoms with E-state index in [1.165, 1.54) is 14.2 Å². The summed E-state index contributed by atoms with van der Waals surface area (Å²) in [6.07, 6.45) is 0.576. The number of carbonyl (C=O) groups excluding carboxylic acids is 1. The molecule has 22 heavy (non-hydrogen) atoms. The van der Waals surface area contributed by atoms with Crippen molar-refractivity contribution in [1.82, 2.24) is 0 Å². The molecule has 0 atom stereocenters. The van der Waals surface area contributed by atoms with E-state index >= 15 is 0 Å². The molecule has 1 aromatic carbocycles. The van der Waals surface area contributed by atoms with Crippen molar-refractivity contribution in [3.8, 4) is 11.5 Å². The molecule has 0 aliphatic heterocycles. The summed E-state index contributed by atoms with van der Waals surface area (Å²) in [5.74, 6) is 0.635. The van der Waals surface area contributed by atoms with E-state index < -0.39 is 14.3 Å². The van der Waals surface area contributed by atoms with Crippen LogP contribution in [-0.4, -0.2) is 40.4 Å². The van der Waals surface area contributed by atoms with Gasteiger partial charge >= 0.3 is 5.97 Å². The van der Waals surface area contributed by atoms with Gasteiger partial charge in [-0.05, 0) is 42.2 Å². The highest BCUT2D eigenvalue weighted by atomic mass is 28.4. The van der Waals surface area contributed by atoms with Crippen LogP contribution in [0.15, 0.2) is 12.1 Å². The Kier molecular flexibility index (Phi) is 5.64. The van der Waals surface area contributed by atoms with E-state index in [9.17, 15) is 9.59 Å². The van der Waals surface area contributed by atoms with Crippen LogP contribution < -0.4 is 9.47 Å². The van der Waals surface area contributed by atoms with Gasteiger partial charge < -0.3 is 19.0 Å². The quantitative estimate of drug-likeness (QED) is 0.643. The van der Waals surface area contributed by atoms with Crippen LogP contribution in [0.5, 0.6) is 11.5 Å². The second kappa shape index (κ2) is 6.70. The van der Waals surface area contributed by atoms with E-state index in [1.807, 2.05) is 26.9 Å². The maximum atomic E-state index is 11.8. The molecule has 0 heterocycles. The van der Waals surface area contributed by atoms with Gasteiger partial charge in [-0.1, -0.05) is 13.8 Å². The molecule has 0 spiro atoms. The molecule has 0 aliphatic carbocycles. The number of methoxy groups -OCH3 is 3. The minimum atomic E-state index is -2.40. The van der Waals surface area contributed by atoms with Crippen molar-refractivity contribution in [2.24, 2.45) is 0 Å². The SMILES string of the molecule is COC(=O)c1cc(CC(C)(C)[Si](C)(C)O)c(OC)c(OC)c1. The van der Waals surface area contributed by atoms with Crippen LogP contribution in [0.3, 0.4) is 0 Å². The van der Waals surface area contributed by atoms with Gasteiger partial charge in [0, 0.05) is 0 Å². The van der Waals surface area contributed by atoms with Crippen molar-refractivity contribution in [3.63, 3.8) is 0 Å². The second-order valence-corrected chi connectivity index (χ2v) is 11.0. The number of hydrogen-bond acceptors (Lipinski definition) is 5. The molecule has 0 saturated carbocycles. The van der Waals surface area contributed by atoms with Crippen LogP contribution in [0.4, 0.5) is 0 Å². The van der Waals surface area contributed by atoms with Gasteiger partial charge in [0.25, 0.3) is 0 Å².